The molecule has 0 bridgehead atoms. The molecule has 9 nitrogen and oxygen atoms in total. The van der Waals surface area contributed by atoms with Gasteiger partial charge in [-0.3, -0.25) is 14.4 Å². The third-order valence-corrected chi connectivity index (χ3v) is 5.37. The van der Waals surface area contributed by atoms with Crippen molar-refractivity contribution in [2.75, 3.05) is 25.4 Å². The van der Waals surface area contributed by atoms with Crippen LogP contribution in [0.4, 0.5) is 0 Å². The highest BCUT2D eigenvalue weighted by Crippen LogP contribution is 2.22. The standard InChI is InChI=1S/C17H33BN4O5S/c1-4-12(16(24)19-5-2)22-17(25)13(10-20-18(3)26)21-14(23)11-28-15-8-6-7-9-27-15/h12-13,15,20,26H,4-11H2,1-3H3,(H,19,24)(H,21,23)(H,22,25). The lowest BCUT2D eigenvalue weighted by Gasteiger charge is -2.24. The molecule has 1 aliphatic heterocycles. The molecule has 160 valence electrons. The zero-order valence-electron chi connectivity index (χ0n) is 17.0. The lowest BCUT2D eigenvalue weighted by atomic mass is 9.88. The fraction of sp³-hybridized carbons (Fsp3) is 0.824. The summed E-state index contributed by atoms with van der Waals surface area (Å²) in [7, 11) is -0.831. The third-order valence-electron chi connectivity index (χ3n) is 4.20. The fourth-order valence-corrected chi connectivity index (χ4v) is 3.61. The molecular formula is C17H33BN4O5S. The van der Waals surface area contributed by atoms with Gasteiger partial charge in [0.15, 0.2) is 0 Å². The predicted molar refractivity (Wildman–Crippen MR) is 111 cm³/mol. The van der Waals surface area contributed by atoms with E-state index >= 15 is 0 Å². The average molecular weight is 416 g/mol. The summed E-state index contributed by atoms with van der Waals surface area (Å²) in [6.45, 7) is 6.34. The summed E-state index contributed by atoms with van der Waals surface area (Å²) in [4.78, 5) is 36.9. The first-order valence-corrected chi connectivity index (χ1v) is 10.9. The number of carbonyl (C=O) groups excluding carboxylic acids is 3. The maximum atomic E-state index is 12.6. The molecular weight excluding hydrogens is 383 g/mol. The molecule has 28 heavy (non-hydrogen) atoms. The molecule has 0 saturated carbocycles. The van der Waals surface area contributed by atoms with Crippen LogP contribution < -0.4 is 21.2 Å². The number of rotatable bonds is 12. The molecule has 11 heteroatoms. The highest BCUT2D eigenvalue weighted by molar-refractivity contribution is 8.00. The van der Waals surface area contributed by atoms with Crippen molar-refractivity contribution in [3.05, 3.63) is 0 Å². The largest absolute Gasteiger partial charge is 0.437 e. The number of nitrogens with one attached hydrogen (secondary N) is 4. The maximum absolute atomic E-state index is 12.6. The van der Waals surface area contributed by atoms with Gasteiger partial charge >= 0.3 is 7.05 Å². The molecule has 3 atom stereocenters. The minimum Gasteiger partial charge on any atom is -0.437 e. The van der Waals surface area contributed by atoms with E-state index in [9.17, 15) is 19.4 Å². The summed E-state index contributed by atoms with van der Waals surface area (Å²) in [5.41, 5.74) is 0.00424. The predicted octanol–water partition coefficient (Wildman–Crippen LogP) is -0.538. The molecule has 5 N–H and O–H groups in total. The second-order valence-electron chi connectivity index (χ2n) is 6.68. The van der Waals surface area contributed by atoms with Gasteiger partial charge in [-0.05, 0) is 39.4 Å². The molecule has 3 unspecified atom stereocenters. The van der Waals surface area contributed by atoms with Crippen LogP contribution >= 0.6 is 11.8 Å². The molecule has 1 saturated heterocycles. The van der Waals surface area contributed by atoms with E-state index < -0.39 is 25.0 Å². The van der Waals surface area contributed by atoms with Gasteiger partial charge in [-0.25, -0.2) is 0 Å². The second-order valence-corrected chi connectivity index (χ2v) is 7.82. The SMILES string of the molecule is CCNC(=O)C(CC)NC(=O)C(CNB(C)O)NC(=O)CSC1CCCCO1. The molecule has 1 heterocycles. The van der Waals surface area contributed by atoms with Crippen molar-refractivity contribution in [2.24, 2.45) is 0 Å². The molecule has 3 amide bonds. The Morgan fingerprint density at radius 3 is 2.50 bits per heavy atom. The molecule has 0 aromatic rings. The minimum atomic E-state index is -0.904. The van der Waals surface area contributed by atoms with Crippen molar-refractivity contribution in [3.8, 4) is 0 Å². The molecule has 1 fully saturated rings. The van der Waals surface area contributed by atoms with Gasteiger partial charge < -0.3 is 30.9 Å². The van der Waals surface area contributed by atoms with Gasteiger partial charge in [0, 0.05) is 19.7 Å². The Kier molecular flexibility index (Phi) is 12.2. The second kappa shape index (κ2) is 13.8. The number of likely N-dealkylation sites (N-methyl/N-ethyl adjacent to an activating group) is 1. The third kappa shape index (κ3) is 9.76. The van der Waals surface area contributed by atoms with Crippen LogP contribution in [0.1, 0.15) is 39.5 Å². The van der Waals surface area contributed by atoms with Gasteiger partial charge in [0.1, 0.15) is 17.5 Å². The summed E-state index contributed by atoms with van der Waals surface area (Å²) < 4.78 is 5.59. The van der Waals surface area contributed by atoms with Crippen LogP contribution in [-0.4, -0.2) is 72.8 Å². The number of carbonyl (C=O) groups is 3. The number of hydrogen-bond acceptors (Lipinski definition) is 7. The quantitative estimate of drug-likeness (QED) is 0.270. The molecule has 1 aliphatic rings. The van der Waals surface area contributed by atoms with E-state index in [1.165, 1.54) is 18.6 Å². The van der Waals surface area contributed by atoms with Crippen molar-refractivity contribution >= 4 is 36.5 Å². The summed E-state index contributed by atoms with van der Waals surface area (Å²) in [6.07, 6.45) is 3.47. The Labute approximate surface area is 171 Å². The van der Waals surface area contributed by atoms with Crippen molar-refractivity contribution in [1.29, 1.82) is 0 Å². The number of thioether (sulfide) groups is 1. The summed E-state index contributed by atoms with van der Waals surface area (Å²) >= 11 is 1.41. The van der Waals surface area contributed by atoms with E-state index in [0.717, 1.165) is 19.3 Å². The van der Waals surface area contributed by atoms with Gasteiger partial charge in [-0.1, -0.05) is 6.92 Å². The van der Waals surface area contributed by atoms with Crippen LogP contribution in [0.25, 0.3) is 0 Å². The van der Waals surface area contributed by atoms with E-state index in [1.807, 2.05) is 0 Å². The molecule has 0 aromatic heterocycles. The van der Waals surface area contributed by atoms with Crippen LogP contribution in [0.3, 0.4) is 0 Å². The van der Waals surface area contributed by atoms with Crippen molar-refractivity contribution in [1.82, 2.24) is 21.2 Å². The molecule has 0 radical (unpaired) electrons. The highest BCUT2D eigenvalue weighted by atomic mass is 32.2. The Balaban J connectivity index is 2.60. The maximum Gasteiger partial charge on any atom is 0.373 e. The monoisotopic (exact) mass is 416 g/mol. The molecule has 0 aliphatic carbocycles. The average Bonchev–Trinajstić information content (AvgIpc) is 2.68. The van der Waals surface area contributed by atoms with Crippen LogP contribution in [0.5, 0.6) is 0 Å². The summed E-state index contributed by atoms with van der Waals surface area (Å²) in [5.74, 6) is -0.857. The lowest BCUT2D eigenvalue weighted by Crippen LogP contribution is -2.57. The Morgan fingerprint density at radius 2 is 1.93 bits per heavy atom. The van der Waals surface area contributed by atoms with Crippen molar-refractivity contribution < 1.29 is 24.1 Å². The van der Waals surface area contributed by atoms with E-state index in [-0.39, 0.29) is 29.5 Å². The van der Waals surface area contributed by atoms with Crippen molar-refractivity contribution in [3.63, 3.8) is 0 Å². The molecule has 0 spiro atoms. The Bertz CT molecular complexity index is 506. The zero-order valence-corrected chi connectivity index (χ0v) is 17.8. The van der Waals surface area contributed by atoms with E-state index in [2.05, 4.69) is 21.2 Å². The number of ether oxygens (including phenoxy) is 1. The number of hydrogen-bond donors (Lipinski definition) is 5. The van der Waals surface area contributed by atoms with Crippen LogP contribution in [0.2, 0.25) is 6.82 Å². The summed E-state index contributed by atoms with van der Waals surface area (Å²) in [6, 6.07) is -1.58. The van der Waals surface area contributed by atoms with Crippen LogP contribution in [0.15, 0.2) is 0 Å². The van der Waals surface area contributed by atoms with Gasteiger partial charge in [-0.2, -0.15) is 0 Å². The van der Waals surface area contributed by atoms with E-state index in [0.29, 0.717) is 19.6 Å². The van der Waals surface area contributed by atoms with Gasteiger partial charge in [0.05, 0.1) is 5.75 Å². The normalized spacial score (nSPS) is 18.6. The van der Waals surface area contributed by atoms with Crippen molar-refractivity contribution in [2.45, 2.75) is 63.9 Å². The first-order chi connectivity index (χ1) is 13.4. The molecule has 1 rings (SSSR count). The summed E-state index contributed by atoms with van der Waals surface area (Å²) in [5, 5.41) is 20.2. The van der Waals surface area contributed by atoms with Crippen LogP contribution in [0, 0.1) is 0 Å². The number of amides is 3. The van der Waals surface area contributed by atoms with E-state index in [1.54, 1.807) is 13.8 Å². The minimum absolute atomic E-state index is 0.00424. The lowest BCUT2D eigenvalue weighted by molar-refractivity contribution is -0.131. The first-order valence-electron chi connectivity index (χ1n) is 9.89. The van der Waals surface area contributed by atoms with E-state index in [4.69, 9.17) is 4.74 Å². The van der Waals surface area contributed by atoms with Gasteiger partial charge in [0.2, 0.25) is 17.7 Å². The Morgan fingerprint density at radius 1 is 1.18 bits per heavy atom. The van der Waals surface area contributed by atoms with Crippen LogP contribution in [-0.2, 0) is 19.1 Å². The molecule has 0 aromatic carbocycles. The highest BCUT2D eigenvalue weighted by Gasteiger charge is 2.26. The first kappa shape index (κ1) is 24.7. The van der Waals surface area contributed by atoms with Gasteiger partial charge in [-0.15, -0.1) is 11.8 Å². The zero-order chi connectivity index (χ0) is 20.9. The van der Waals surface area contributed by atoms with Gasteiger partial charge in [0.25, 0.3) is 0 Å². The smallest absolute Gasteiger partial charge is 0.373 e. The Hall–Kier alpha value is -1.30. The fourth-order valence-electron chi connectivity index (χ4n) is 2.67. The topological polar surface area (TPSA) is 129 Å².